The number of carbonyl (C=O) groups is 3. The Balaban J connectivity index is 1.52. The number of esters is 1. The molecule has 1 N–H and O–H groups in total. The van der Waals surface area contributed by atoms with E-state index in [2.05, 4.69) is 4.98 Å². The van der Waals surface area contributed by atoms with Crippen LogP contribution in [0.5, 0.6) is 0 Å². The smallest absolute Gasteiger partial charge is 0.407 e. The maximum absolute atomic E-state index is 14.2. The van der Waals surface area contributed by atoms with E-state index < -0.39 is 6.09 Å². The van der Waals surface area contributed by atoms with E-state index in [0.29, 0.717) is 17.8 Å². The lowest BCUT2D eigenvalue weighted by Gasteiger charge is -2.40. The zero-order chi connectivity index (χ0) is 27.4. The van der Waals surface area contributed by atoms with E-state index >= 15 is 0 Å². The minimum Gasteiger partial charge on any atom is -0.465 e. The molecule has 0 bridgehead atoms. The average Bonchev–Trinajstić information content (AvgIpc) is 3.39. The van der Waals surface area contributed by atoms with Crippen LogP contribution < -0.4 is 0 Å². The number of imidazole rings is 1. The van der Waals surface area contributed by atoms with Crippen LogP contribution in [0.25, 0.3) is 11.3 Å². The minimum absolute atomic E-state index is 0.129. The van der Waals surface area contributed by atoms with Gasteiger partial charge < -0.3 is 24.2 Å². The predicted octanol–water partition coefficient (Wildman–Crippen LogP) is 4.64. The van der Waals surface area contributed by atoms with Gasteiger partial charge in [-0.15, -0.1) is 0 Å². The lowest BCUT2D eigenvalue weighted by molar-refractivity contribution is -0.150. The first-order valence-electron chi connectivity index (χ1n) is 13.5. The molecule has 1 saturated heterocycles. The van der Waals surface area contributed by atoms with E-state index in [-0.39, 0.29) is 49.7 Å². The Labute approximate surface area is 228 Å². The van der Waals surface area contributed by atoms with E-state index in [1.165, 1.54) is 11.8 Å². The van der Waals surface area contributed by atoms with Gasteiger partial charge in [0, 0.05) is 32.1 Å². The third kappa shape index (κ3) is 5.82. The molecule has 2 aliphatic rings. The van der Waals surface area contributed by atoms with Crippen molar-refractivity contribution in [1.29, 1.82) is 0 Å². The Hall–Kier alpha value is -4.14. The monoisotopic (exact) mass is 530 g/mol. The Morgan fingerprint density at radius 3 is 2.36 bits per heavy atom. The van der Waals surface area contributed by atoms with Crippen molar-refractivity contribution < 1.29 is 24.2 Å². The molecular weight excluding hydrogens is 496 g/mol. The van der Waals surface area contributed by atoms with Gasteiger partial charge in [-0.2, -0.15) is 0 Å². The van der Waals surface area contributed by atoms with Gasteiger partial charge >= 0.3 is 12.1 Å². The number of ether oxygens (including phenoxy) is 1. The second-order valence-corrected chi connectivity index (χ2v) is 10.3. The number of hydrogen-bond acceptors (Lipinski definition) is 5. The van der Waals surface area contributed by atoms with Gasteiger partial charge in [0.1, 0.15) is 6.10 Å². The maximum Gasteiger partial charge on any atom is 0.407 e. The topological polar surface area (TPSA) is 105 Å². The number of hydrogen-bond donors (Lipinski definition) is 1. The summed E-state index contributed by atoms with van der Waals surface area (Å²) < 4.78 is 7.72. The number of aromatic nitrogens is 2. The second-order valence-electron chi connectivity index (χ2n) is 10.3. The van der Waals surface area contributed by atoms with Crippen LogP contribution >= 0.6 is 0 Å². The Kier molecular flexibility index (Phi) is 7.95. The summed E-state index contributed by atoms with van der Waals surface area (Å²) in [6, 6.07) is 19.0. The molecule has 2 heterocycles. The molecule has 2 aromatic carbocycles. The van der Waals surface area contributed by atoms with Crippen molar-refractivity contribution >= 4 is 18.0 Å². The van der Waals surface area contributed by atoms with Crippen LogP contribution in [0.4, 0.5) is 4.79 Å². The van der Waals surface area contributed by atoms with Crippen LogP contribution in [0.3, 0.4) is 0 Å². The summed E-state index contributed by atoms with van der Waals surface area (Å²) in [6.07, 6.45) is 4.51. The van der Waals surface area contributed by atoms with Crippen LogP contribution in [0, 0.1) is 0 Å². The van der Waals surface area contributed by atoms with Gasteiger partial charge in [-0.05, 0) is 31.2 Å². The van der Waals surface area contributed by atoms with Crippen molar-refractivity contribution in [3.63, 3.8) is 0 Å². The fourth-order valence-corrected chi connectivity index (χ4v) is 5.89. The van der Waals surface area contributed by atoms with Crippen molar-refractivity contribution in [2.75, 3.05) is 19.6 Å². The highest BCUT2D eigenvalue weighted by Crippen LogP contribution is 2.36. The van der Waals surface area contributed by atoms with Crippen molar-refractivity contribution in [2.45, 2.75) is 57.2 Å². The summed E-state index contributed by atoms with van der Waals surface area (Å²) in [4.78, 5) is 45.7. The SMILES string of the molecule is CC(=O)O[C@H]1CCCC[C@@H]1n1cnc(C(=O)N2CCN(C(=O)O)C[C@H]2Cc2ccccc2)c1-c1ccccc1. The summed E-state index contributed by atoms with van der Waals surface area (Å²) in [6.45, 7) is 2.18. The molecule has 2 amide bonds. The van der Waals surface area contributed by atoms with Gasteiger partial charge in [0.15, 0.2) is 5.69 Å². The van der Waals surface area contributed by atoms with E-state index in [1.54, 1.807) is 11.2 Å². The summed E-state index contributed by atoms with van der Waals surface area (Å²) in [7, 11) is 0. The molecule has 3 atom stereocenters. The standard InChI is InChI=1S/C30H34N4O5/c1-21(35)39-26-15-9-8-14-25(26)34-20-31-27(28(34)23-12-6-3-7-13-23)29(36)33-17-16-32(30(37)38)19-24(33)18-22-10-4-2-5-11-22/h2-7,10-13,20,24-26H,8-9,14-19H2,1H3,(H,37,38)/t24-,25+,26+/m1/s1. The van der Waals surface area contributed by atoms with Crippen molar-refractivity contribution in [3.8, 4) is 11.3 Å². The zero-order valence-electron chi connectivity index (χ0n) is 22.1. The van der Waals surface area contributed by atoms with Gasteiger partial charge in [0.25, 0.3) is 5.91 Å². The highest BCUT2D eigenvalue weighted by molar-refractivity contribution is 5.98. The molecule has 39 heavy (non-hydrogen) atoms. The molecule has 1 aliphatic heterocycles. The zero-order valence-corrected chi connectivity index (χ0v) is 22.1. The Morgan fingerprint density at radius 1 is 0.974 bits per heavy atom. The Bertz CT molecular complexity index is 1310. The van der Waals surface area contributed by atoms with E-state index in [0.717, 1.165) is 36.8 Å². The number of carboxylic acid groups (broad SMARTS) is 1. The fourth-order valence-electron chi connectivity index (χ4n) is 5.89. The van der Waals surface area contributed by atoms with Crippen LogP contribution in [-0.2, 0) is 16.0 Å². The van der Waals surface area contributed by atoms with Crippen LogP contribution in [0.2, 0.25) is 0 Å². The normalized spacial score (nSPS) is 21.4. The molecule has 1 aromatic heterocycles. The molecule has 5 rings (SSSR count). The van der Waals surface area contributed by atoms with Crippen LogP contribution in [0.1, 0.15) is 54.7 Å². The highest BCUT2D eigenvalue weighted by atomic mass is 16.5. The van der Waals surface area contributed by atoms with Crippen molar-refractivity contribution in [2.24, 2.45) is 0 Å². The quantitative estimate of drug-likeness (QED) is 0.466. The van der Waals surface area contributed by atoms with Gasteiger partial charge in [-0.1, -0.05) is 67.1 Å². The van der Waals surface area contributed by atoms with Crippen molar-refractivity contribution in [1.82, 2.24) is 19.4 Å². The largest absolute Gasteiger partial charge is 0.465 e. The molecule has 0 unspecified atom stereocenters. The molecule has 2 fully saturated rings. The molecule has 204 valence electrons. The van der Waals surface area contributed by atoms with E-state index in [4.69, 9.17) is 4.74 Å². The van der Waals surface area contributed by atoms with Crippen LogP contribution in [-0.4, -0.2) is 74.2 Å². The van der Waals surface area contributed by atoms with E-state index in [9.17, 15) is 19.5 Å². The molecule has 0 spiro atoms. The number of amides is 2. The van der Waals surface area contributed by atoms with Crippen molar-refractivity contribution in [3.05, 3.63) is 78.2 Å². The highest BCUT2D eigenvalue weighted by Gasteiger charge is 2.37. The van der Waals surface area contributed by atoms with Gasteiger partial charge in [0.2, 0.25) is 0 Å². The molecule has 9 heteroatoms. The lowest BCUT2D eigenvalue weighted by Crippen LogP contribution is -2.57. The lowest BCUT2D eigenvalue weighted by atomic mass is 9.91. The molecule has 9 nitrogen and oxygen atoms in total. The van der Waals surface area contributed by atoms with Crippen LogP contribution in [0.15, 0.2) is 67.0 Å². The summed E-state index contributed by atoms with van der Waals surface area (Å²) in [5.41, 5.74) is 2.92. The van der Waals surface area contributed by atoms with E-state index in [1.807, 2.05) is 65.2 Å². The van der Waals surface area contributed by atoms with Gasteiger partial charge in [-0.3, -0.25) is 9.59 Å². The number of carbonyl (C=O) groups excluding carboxylic acids is 2. The first-order chi connectivity index (χ1) is 18.9. The number of rotatable bonds is 6. The number of nitrogens with zero attached hydrogens (tertiary/aromatic N) is 4. The minimum atomic E-state index is -0.983. The number of piperazine rings is 1. The third-order valence-electron chi connectivity index (χ3n) is 7.71. The summed E-state index contributed by atoms with van der Waals surface area (Å²) in [5.74, 6) is -0.539. The third-order valence-corrected chi connectivity index (χ3v) is 7.71. The fraction of sp³-hybridized carbons (Fsp3) is 0.400. The average molecular weight is 531 g/mol. The molecule has 0 radical (unpaired) electrons. The maximum atomic E-state index is 14.2. The Morgan fingerprint density at radius 2 is 1.67 bits per heavy atom. The second kappa shape index (κ2) is 11.7. The number of benzene rings is 2. The molecule has 3 aromatic rings. The molecule has 1 aliphatic carbocycles. The first-order valence-corrected chi connectivity index (χ1v) is 13.5. The summed E-state index contributed by atoms with van der Waals surface area (Å²) in [5, 5.41) is 9.66. The van der Waals surface area contributed by atoms with Gasteiger partial charge in [-0.25, -0.2) is 9.78 Å². The first kappa shape index (κ1) is 26.5. The van der Waals surface area contributed by atoms with Gasteiger partial charge in [0.05, 0.1) is 24.1 Å². The molecular formula is C30H34N4O5. The predicted molar refractivity (Wildman–Crippen MR) is 145 cm³/mol. The summed E-state index contributed by atoms with van der Waals surface area (Å²) >= 11 is 0. The molecule has 1 saturated carbocycles.